The van der Waals surface area contributed by atoms with E-state index in [1.54, 1.807) is 6.92 Å². The van der Waals surface area contributed by atoms with Crippen LogP contribution in [0.5, 0.6) is 0 Å². The van der Waals surface area contributed by atoms with Crippen LogP contribution in [0.4, 0.5) is 0 Å². The molecule has 5 rings (SSSR count). The van der Waals surface area contributed by atoms with Crippen LogP contribution >= 0.6 is 23.2 Å². The lowest BCUT2D eigenvalue weighted by atomic mass is 9.49. The van der Waals surface area contributed by atoms with Crippen molar-refractivity contribution in [3.8, 4) is 0 Å². The van der Waals surface area contributed by atoms with Crippen molar-refractivity contribution in [3.63, 3.8) is 0 Å². The second kappa shape index (κ2) is 5.01. The van der Waals surface area contributed by atoms with Gasteiger partial charge in [-0.05, 0) is 75.0 Å². The first-order valence-electron chi connectivity index (χ1n) is 8.69. The summed E-state index contributed by atoms with van der Waals surface area (Å²) in [6.45, 7) is 1.72. The average Bonchev–Trinajstić information content (AvgIpc) is 2.94. The summed E-state index contributed by atoms with van der Waals surface area (Å²) in [6, 6.07) is 0. The lowest BCUT2D eigenvalue weighted by Crippen LogP contribution is -2.51. The molecule has 0 saturated heterocycles. The number of rotatable bonds is 3. The second-order valence-electron chi connectivity index (χ2n) is 8.81. The standard InChI is InChI=1S/C17H24Cl2N2O2/c1-15(9-17(15,18)19)14(23)21-20-13(22)8-16-5-10-2-11(6-16)4-12(3-10)7-16/h10-12H,2-9H2,1H3,(H,20,22)(H,21,23)/t10?,11?,12?,15-,16?/m1/s1. The van der Waals surface area contributed by atoms with Crippen LogP contribution in [0, 0.1) is 28.6 Å². The van der Waals surface area contributed by atoms with Gasteiger partial charge in [-0.1, -0.05) is 0 Å². The van der Waals surface area contributed by atoms with Crippen molar-refractivity contribution in [1.82, 2.24) is 10.9 Å². The third-order valence-corrected chi connectivity index (χ3v) is 7.88. The van der Waals surface area contributed by atoms with E-state index in [0.29, 0.717) is 12.8 Å². The topological polar surface area (TPSA) is 58.2 Å². The number of amides is 2. The van der Waals surface area contributed by atoms with E-state index in [9.17, 15) is 9.59 Å². The molecule has 5 fully saturated rings. The summed E-state index contributed by atoms with van der Waals surface area (Å²) < 4.78 is -1.01. The summed E-state index contributed by atoms with van der Waals surface area (Å²) in [4.78, 5) is 24.5. The molecule has 2 N–H and O–H groups in total. The summed E-state index contributed by atoms with van der Waals surface area (Å²) in [7, 11) is 0. The van der Waals surface area contributed by atoms with Gasteiger partial charge in [0.05, 0.1) is 5.41 Å². The first kappa shape index (κ1) is 16.0. The number of nitrogens with one attached hydrogen (secondary N) is 2. The maximum Gasteiger partial charge on any atom is 0.247 e. The van der Waals surface area contributed by atoms with Crippen LogP contribution in [0.1, 0.15) is 58.3 Å². The number of hydrogen-bond acceptors (Lipinski definition) is 2. The van der Waals surface area contributed by atoms with Gasteiger partial charge >= 0.3 is 0 Å². The smallest absolute Gasteiger partial charge is 0.247 e. The van der Waals surface area contributed by atoms with Crippen molar-refractivity contribution in [2.45, 2.75) is 62.6 Å². The largest absolute Gasteiger partial charge is 0.273 e. The predicted molar refractivity (Wildman–Crippen MR) is 88.7 cm³/mol. The van der Waals surface area contributed by atoms with E-state index in [2.05, 4.69) is 10.9 Å². The molecule has 5 saturated carbocycles. The van der Waals surface area contributed by atoms with Crippen molar-refractivity contribution in [1.29, 1.82) is 0 Å². The first-order valence-corrected chi connectivity index (χ1v) is 9.44. The zero-order valence-electron chi connectivity index (χ0n) is 13.5. The molecule has 0 aliphatic heterocycles. The highest BCUT2D eigenvalue weighted by molar-refractivity contribution is 6.53. The van der Waals surface area contributed by atoms with Crippen LogP contribution in [0.15, 0.2) is 0 Å². The molecule has 0 unspecified atom stereocenters. The fourth-order valence-corrected chi connectivity index (χ4v) is 6.51. The Morgan fingerprint density at radius 1 is 1.00 bits per heavy atom. The van der Waals surface area contributed by atoms with E-state index < -0.39 is 9.75 Å². The highest BCUT2D eigenvalue weighted by Gasteiger charge is 2.68. The van der Waals surface area contributed by atoms with E-state index in [1.165, 1.54) is 38.5 Å². The number of hydrazine groups is 1. The normalized spacial score (nSPS) is 45.6. The van der Waals surface area contributed by atoms with Crippen molar-refractivity contribution in [3.05, 3.63) is 0 Å². The number of alkyl halides is 2. The van der Waals surface area contributed by atoms with Crippen molar-refractivity contribution in [2.75, 3.05) is 0 Å². The van der Waals surface area contributed by atoms with Gasteiger partial charge in [0.2, 0.25) is 11.8 Å². The van der Waals surface area contributed by atoms with Crippen LogP contribution in [0.25, 0.3) is 0 Å². The summed E-state index contributed by atoms with van der Waals surface area (Å²) in [5, 5.41) is 0. The van der Waals surface area contributed by atoms with E-state index in [1.807, 2.05) is 0 Å². The molecule has 0 aromatic heterocycles. The molecule has 128 valence electrons. The van der Waals surface area contributed by atoms with E-state index >= 15 is 0 Å². The summed E-state index contributed by atoms with van der Waals surface area (Å²) in [6.07, 6.45) is 8.59. The van der Waals surface area contributed by atoms with Crippen LogP contribution in [-0.2, 0) is 9.59 Å². The lowest BCUT2D eigenvalue weighted by Gasteiger charge is -2.56. The number of carbonyl (C=O) groups is 2. The number of halogens is 2. The molecule has 5 aliphatic carbocycles. The summed E-state index contributed by atoms with van der Waals surface area (Å²) in [5.41, 5.74) is 4.48. The Bertz CT molecular complexity index is 528. The van der Waals surface area contributed by atoms with Crippen LogP contribution < -0.4 is 10.9 Å². The molecule has 0 heterocycles. The minimum atomic E-state index is -1.01. The first-order chi connectivity index (χ1) is 10.7. The molecule has 23 heavy (non-hydrogen) atoms. The zero-order chi connectivity index (χ0) is 16.5. The van der Waals surface area contributed by atoms with Gasteiger partial charge in [0.25, 0.3) is 0 Å². The molecule has 4 nitrogen and oxygen atoms in total. The Balaban J connectivity index is 1.32. The SMILES string of the molecule is C[C@]1(C(=O)NNC(=O)CC23CC4CC(CC(C4)C2)C3)CC1(Cl)Cl. The Labute approximate surface area is 147 Å². The molecule has 0 aromatic carbocycles. The molecule has 2 amide bonds. The summed E-state index contributed by atoms with van der Waals surface area (Å²) >= 11 is 12.0. The van der Waals surface area contributed by atoms with Gasteiger partial charge in [-0.25, -0.2) is 0 Å². The van der Waals surface area contributed by atoms with E-state index in [4.69, 9.17) is 23.2 Å². The van der Waals surface area contributed by atoms with Crippen molar-refractivity contribution >= 4 is 35.0 Å². The highest BCUT2D eigenvalue weighted by atomic mass is 35.5. The second-order valence-corrected chi connectivity index (χ2v) is 10.3. The molecular weight excluding hydrogens is 335 g/mol. The van der Waals surface area contributed by atoms with Crippen LogP contribution in [0.3, 0.4) is 0 Å². The van der Waals surface area contributed by atoms with Crippen LogP contribution in [0.2, 0.25) is 0 Å². The van der Waals surface area contributed by atoms with Gasteiger partial charge in [-0.2, -0.15) is 0 Å². The van der Waals surface area contributed by atoms with Gasteiger partial charge in [0, 0.05) is 6.42 Å². The number of hydrogen-bond donors (Lipinski definition) is 2. The molecule has 0 aromatic rings. The lowest BCUT2D eigenvalue weighted by molar-refractivity contribution is -0.135. The summed E-state index contributed by atoms with van der Waals surface area (Å²) in [5.74, 6) is 2.08. The maximum atomic E-state index is 12.3. The van der Waals surface area contributed by atoms with Gasteiger partial charge < -0.3 is 0 Å². The fourth-order valence-electron chi connectivity index (χ4n) is 5.80. The predicted octanol–water partition coefficient (Wildman–Crippen LogP) is 3.32. The van der Waals surface area contributed by atoms with Crippen molar-refractivity contribution in [2.24, 2.45) is 28.6 Å². The maximum absolute atomic E-state index is 12.3. The van der Waals surface area contributed by atoms with E-state index in [-0.39, 0.29) is 17.2 Å². The Morgan fingerprint density at radius 3 is 1.91 bits per heavy atom. The molecule has 0 spiro atoms. The van der Waals surface area contributed by atoms with Crippen LogP contribution in [-0.4, -0.2) is 16.1 Å². The Kier molecular flexibility index (Phi) is 3.49. The molecule has 5 aliphatic rings. The van der Waals surface area contributed by atoms with E-state index in [0.717, 1.165) is 17.8 Å². The molecular formula is C17H24Cl2N2O2. The number of carbonyl (C=O) groups excluding carboxylic acids is 2. The Hall–Kier alpha value is -0.480. The van der Waals surface area contributed by atoms with Crippen molar-refractivity contribution < 1.29 is 9.59 Å². The van der Waals surface area contributed by atoms with Gasteiger partial charge in [-0.15, -0.1) is 23.2 Å². The van der Waals surface area contributed by atoms with Gasteiger partial charge in [0.1, 0.15) is 4.33 Å². The highest BCUT2D eigenvalue weighted by Crippen LogP contribution is 2.64. The minimum Gasteiger partial charge on any atom is -0.273 e. The average molecular weight is 359 g/mol. The molecule has 6 heteroatoms. The molecule has 4 bridgehead atoms. The molecule has 0 radical (unpaired) electrons. The zero-order valence-corrected chi connectivity index (χ0v) is 15.0. The van der Waals surface area contributed by atoms with Gasteiger partial charge in [0.15, 0.2) is 0 Å². The third-order valence-electron chi connectivity index (χ3n) is 6.78. The third kappa shape index (κ3) is 2.66. The monoisotopic (exact) mass is 358 g/mol. The molecule has 1 atom stereocenters. The quantitative estimate of drug-likeness (QED) is 0.600. The fraction of sp³-hybridized carbons (Fsp3) is 0.882. The van der Waals surface area contributed by atoms with Gasteiger partial charge in [-0.3, -0.25) is 20.4 Å². The Morgan fingerprint density at radius 2 is 1.48 bits per heavy atom. The minimum absolute atomic E-state index is 0.0840.